The molecule has 0 amide bonds. The summed E-state index contributed by atoms with van der Waals surface area (Å²) in [7, 11) is 1.66. The first-order chi connectivity index (χ1) is 7.60. The molecule has 102 valence electrons. The van der Waals surface area contributed by atoms with Gasteiger partial charge in [-0.25, -0.2) is 0 Å². The fraction of sp³-hybridized carbons (Fsp3) is 1.00. The molecular formula is C10H26O6. The number of aliphatic hydroxyl groups excluding tert-OH is 5. The number of hydrogen-bond donors (Lipinski definition) is 5. The molecule has 0 fully saturated rings. The Bertz CT molecular complexity index is 83.4. The Hall–Kier alpha value is -0.240. The SMILES string of the molecule is CC(O)CO.COCCCCO.OCCO. The van der Waals surface area contributed by atoms with Gasteiger partial charge in [-0.2, -0.15) is 0 Å². The number of methoxy groups -OCH3 is 1. The van der Waals surface area contributed by atoms with Crippen LogP contribution in [0.25, 0.3) is 0 Å². The van der Waals surface area contributed by atoms with Crippen molar-refractivity contribution in [1.29, 1.82) is 0 Å². The molecule has 0 aliphatic carbocycles. The highest BCUT2D eigenvalue weighted by molar-refractivity contribution is 4.34. The molecular weight excluding hydrogens is 216 g/mol. The molecule has 0 spiro atoms. The van der Waals surface area contributed by atoms with Crippen molar-refractivity contribution >= 4 is 0 Å². The van der Waals surface area contributed by atoms with Crippen molar-refractivity contribution in [3.63, 3.8) is 0 Å². The zero-order chi connectivity index (χ0) is 13.2. The number of ether oxygens (including phenoxy) is 1. The van der Waals surface area contributed by atoms with E-state index >= 15 is 0 Å². The maximum Gasteiger partial charge on any atom is 0.0742 e. The van der Waals surface area contributed by atoms with Crippen LogP contribution < -0.4 is 0 Å². The molecule has 0 radical (unpaired) electrons. The van der Waals surface area contributed by atoms with Gasteiger partial charge in [0.05, 0.1) is 25.9 Å². The Morgan fingerprint density at radius 3 is 1.56 bits per heavy atom. The van der Waals surface area contributed by atoms with Crippen LogP contribution in [0.15, 0.2) is 0 Å². The van der Waals surface area contributed by atoms with E-state index in [4.69, 9.17) is 30.3 Å². The predicted octanol–water partition coefficient (Wildman–Crippen LogP) is -1.26. The molecule has 0 saturated heterocycles. The number of hydrogen-bond acceptors (Lipinski definition) is 6. The first-order valence-corrected chi connectivity index (χ1v) is 5.21. The third kappa shape index (κ3) is 49.0. The van der Waals surface area contributed by atoms with Crippen molar-refractivity contribution in [1.82, 2.24) is 0 Å². The van der Waals surface area contributed by atoms with Crippen molar-refractivity contribution < 1.29 is 30.3 Å². The second-order valence-electron chi connectivity index (χ2n) is 2.90. The van der Waals surface area contributed by atoms with Crippen molar-refractivity contribution in [3.8, 4) is 0 Å². The van der Waals surface area contributed by atoms with Crippen molar-refractivity contribution in [2.24, 2.45) is 0 Å². The standard InChI is InChI=1S/C5H12O2.C3H8O2.C2H6O2/c1-7-5-3-2-4-6;1-3(5)2-4;3-1-2-4/h6H,2-5H2,1H3;3-5H,2H2,1H3;3-4H,1-2H2. The van der Waals surface area contributed by atoms with E-state index in [0.717, 1.165) is 19.4 Å². The minimum Gasteiger partial charge on any atom is -0.396 e. The van der Waals surface area contributed by atoms with Crippen LogP contribution in [0.2, 0.25) is 0 Å². The topological polar surface area (TPSA) is 110 Å². The van der Waals surface area contributed by atoms with Crippen molar-refractivity contribution in [3.05, 3.63) is 0 Å². The zero-order valence-corrected chi connectivity index (χ0v) is 10.2. The average molecular weight is 242 g/mol. The van der Waals surface area contributed by atoms with Crippen LogP contribution in [0, 0.1) is 0 Å². The molecule has 0 aromatic rings. The fourth-order valence-corrected chi connectivity index (χ4v) is 0.358. The molecule has 0 rings (SSSR count). The maximum absolute atomic E-state index is 8.24. The van der Waals surface area contributed by atoms with E-state index in [-0.39, 0.29) is 26.4 Å². The highest BCUT2D eigenvalue weighted by Gasteiger charge is 1.83. The van der Waals surface area contributed by atoms with E-state index in [2.05, 4.69) is 0 Å². The quantitative estimate of drug-likeness (QED) is 0.372. The van der Waals surface area contributed by atoms with E-state index < -0.39 is 6.10 Å². The van der Waals surface area contributed by atoms with Gasteiger partial charge in [0.2, 0.25) is 0 Å². The zero-order valence-electron chi connectivity index (χ0n) is 10.2. The van der Waals surface area contributed by atoms with Gasteiger partial charge in [-0.05, 0) is 19.8 Å². The summed E-state index contributed by atoms with van der Waals surface area (Å²) in [5, 5.41) is 39.5. The minimum absolute atomic E-state index is 0.125. The third-order valence-electron chi connectivity index (χ3n) is 1.12. The molecule has 0 aliphatic rings. The van der Waals surface area contributed by atoms with Gasteiger partial charge in [0.25, 0.3) is 0 Å². The summed E-state index contributed by atoms with van der Waals surface area (Å²) >= 11 is 0. The summed E-state index contributed by atoms with van der Waals surface area (Å²) in [5.74, 6) is 0. The summed E-state index contributed by atoms with van der Waals surface area (Å²) in [5.41, 5.74) is 0. The van der Waals surface area contributed by atoms with Crippen molar-refractivity contribution in [2.75, 3.05) is 40.1 Å². The van der Waals surface area contributed by atoms with Gasteiger partial charge in [0, 0.05) is 20.3 Å². The first kappa shape index (κ1) is 21.1. The molecule has 0 heterocycles. The lowest BCUT2D eigenvalue weighted by Crippen LogP contribution is -2.03. The van der Waals surface area contributed by atoms with Gasteiger partial charge in [0.1, 0.15) is 0 Å². The van der Waals surface area contributed by atoms with Gasteiger partial charge >= 0.3 is 0 Å². The molecule has 1 atom stereocenters. The molecule has 1 unspecified atom stereocenters. The molecule has 6 nitrogen and oxygen atoms in total. The average Bonchev–Trinajstić information content (AvgIpc) is 2.31. The third-order valence-corrected chi connectivity index (χ3v) is 1.12. The molecule has 0 saturated carbocycles. The summed E-state index contributed by atoms with van der Waals surface area (Å²) in [6.45, 7) is 2.18. The predicted molar refractivity (Wildman–Crippen MR) is 61.1 cm³/mol. The van der Waals surface area contributed by atoms with Gasteiger partial charge in [-0.3, -0.25) is 0 Å². The Kier molecular flexibility index (Phi) is 31.8. The molecule has 6 heteroatoms. The molecule has 16 heavy (non-hydrogen) atoms. The van der Waals surface area contributed by atoms with Crippen LogP contribution in [0.4, 0.5) is 0 Å². The Balaban J connectivity index is -0.000000166. The lowest BCUT2D eigenvalue weighted by molar-refractivity contribution is 0.110. The van der Waals surface area contributed by atoms with E-state index in [1.807, 2.05) is 0 Å². The van der Waals surface area contributed by atoms with Gasteiger partial charge < -0.3 is 30.3 Å². The molecule has 0 aromatic carbocycles. The van der Waals surface area contributed by atoms with Crippen molar-refractivity contribution in [2.45, 2.75) is 25.9 Å². The van der Waals surface area contributed by atoms with Crippen LogP contribution in [-0.4, -0.2) is 71.8 Å². The first-order valence-electron chi connectivity index (χ1n) is 5.21. The van der Waals surface area contributed by atoms with Gasteiger partial charge in [-0.15, -0.1) is 0 Å². The monoisotopic (exact) mass is 242 g/mol. The van der Waals surface area contributed by atoms with Crippen LogP contribution in [0.3, 0.4) is 0 Å². The smallest absolute Gasteiger partial charge is 0.0742 e. The second-order valence-corrected chi connectivity index (χ2v) is 2.90. The highest BCUT2D eigenvalue weighted by Crippen LogP contribution is 1.84. The molecule has 5 N–H and O–H groups in total. The molecule has 0 aromatic heterocycles. The van der Waals surface area contributed by atoms with E-state index in [0.29, 0.717) is 0 Å². The number of unbranched alkanes of at least 4 members (excludes halogenated alkanes) is 1. The van der Waals surface area contributed by atoms with E-state index in [1.165, 1.54) is 6.92 Å². The van der Waals surface area contributed by atoms with Crippen LogP contribution in [0.1, 0.15) is 19.8 Å². The van der Waals surface area contributed by atoms with Crippen LogP contribution in [-0.2, 0) is 4.74 Å². The summed E-state index contributed by atoms with van der Waals surface area (Å²) < 4.78 is 4.73. The lowest BCUT2D eigenvalue weighted by Gasteiger charge is -1.92. The van der Waals surface area contributed by atoms with Gasteiger partial charge in [-0.1, -0.05) is 0 Å². The fourth-order valence-electron chi connectivity index (χ4n) is 0.358. The summed E-state index contributed by atoms with van der Waals surface area (Å²) in [6.07, 6.45) is 1.26. The van der Waals surface area contributed by atoms with Gasteiger partial charge in [0.15, 0.2) is 0 Å². The summed E-state index contributed by atoms with van der Waals surface area (Å²) in [6, 6.07) is 0. The number of rotatable bonds is 6. The van der Waals surface area contributed by atoms with Crippen LogP contribution >= 0.6 is 0 Å². The Morgan fingerprint density at radius 2 is 1.38 bits per heavy atom. The van der Waals surface area contributed by atoms with E-state index in [9.17, 15) is 0 Å². The highest BCUT2D eigenvalue weighted by atomic mass is 16.5. The van der Waals surface area contributed by atoms with E-state index in [1.54, 1.807) is 7.11 Å². The largest absolute Gasteiger partial charge is 0.396 e. The molecule has 0 aliphatic heterocycles. The normalized spacial score (nSPS) is 10.7. The second kappa shape index (κ2) is 24.1. The lowest BCUT2D eigenvalue weighted by atomic mass is 10.3. The Morgan fingerprint density at radius 1 is 0.938 bits per heavy atom. The van der Waals surface area contributed by atoms with Crippen LogP contribution in [0.5, 0.6) is 0 Å². The minimum atomic E-state index is -0.560. The maximum atomic E-state index is 8.24. The number of aliphatic hydroxyl groups is 5. The molecule has 0 bridgehead atoms. The summed E-state index contributed by atoms with van der Waals surface area (Å²) in [4.78, 5) is 0. The Labute approximate surface area is 97.1 Å².